The number of phenolic OH excluding ortho intramolecular Hbond substituents is 2. The monoisotopic (exact) mass is 314 g/mol. The van der Waals surface area contributed by atoms with E-state index in [4.69, 9.17) is 5.11 Å². The van der Waals surface area contributed by atoms with Gasteiger partial charge in [0.1, 0.15) is 17.3 Å². The normalized spacial score (nSPS) is 9.48. The van der Waals surface area contributed by atoms with Gasteiger partial charge in [-0.3, -0.25) is 14.4 Å². The minimum absolute atomic E-state index is 0.0509. The number of phenols is 2. The quantitative estimate of drug-likeness (QED) is 0.668. The zero-order valence-corrected chi connectivity index (χ0v) is 12.9. The van der Waals surface area contributed by atoms with Crippen LogP contribution in [0.1, 0.15) is 41.0 Å². The van der Waals surface area contributed by atoms with E-state index in [1.54, 1.807) is 30.3 Å². The molecule has 2 aromatic carbocycles. The van der Waals surface area contributed by atoms with E-state index in [9.17, 15) is 19.5 Å². The largest absolute Gasteiger partial charge is 0.507 e. The van der Waals surface area contributed by atoms with E-state index in [-0.39, 0.29) is 40.8 Å². The fraction of sp³-hybridized carbons (Fsp3) is 0.167. The maximum atomic E-state index is 11.3. The fourth-order valence-electron chi connectivity index (χ4n) is 1.80. The third-order valence-corrected chi connectivity index (χ3v) is 2.90. The lowest BCUT2D eigenvalue weighted by atomic mass is 10.1. The van der Waals surface area contributed by atoms with Gasteiger partial charge < -0.3 is 10.2 Å². The standard InChI is InChI=1S/C10H10O3.C8H8O2/c1-7(11)6-10(13)8-4-2-3-5-9(8)12;1-6(9)7-4-2-3-5-8(7)10/h2-5,12H,6H2,1H3;2-5,10H,1H3. The van der Waals surface area contributed by atoms with Crippen molar-refractivity contribution >= 4 is 17.3 Å². The Bertz CT molecular complexity index is 719. The molecule has 2 N–H and O–H groups in total. The Morgan fingerprint density at radius 3 is 1.57 bits per heavy atom. The summed E-state index contributed by atoms with van der Waals surface area (Å²) in [5.74, 6) is -0.680. The lowest BCUT2D eigenvalue weighted by Crippen LogP contribution is -2.04. The van der Waals surface area contributed by atoms with Crippen LogP contribution in [0, 0.1) is 0 Å². The number of carbonyl (C=O) groups excluding carboxylic acids is 3. The zero-order chi connectivity index (χ0) is 17.4. The molecular formula is C18H18O5. The smallest absolute Gasteiger partial charge is 0.173 e. The molecule has 0 aromatic heterocycles. The first-order valence-corrected chi connectivity index (χ1v) is 6.92. The minimum atomic E-state index is -0.342. The summed E-state index contributed by atoms with van der Waals surface area (Å²) in [6.45, 7) is 2.77. The molecule has 2 rings (SSSR count). The fourth-order valence-corrected chi connectivity index (χ4v) is 1.80. The Hall–Kier alpha value is -2.95. The van der Waals surface area contributed by atoms with Crippen LogP contribution in [0.4, 0.5) is 0 Å². The summed E-state index contributed by atoms with van der Waals surface area (Å²) >= 11 is 0. The highest BCUT2D eigenvalue weighted by atomic mass is 16.3. The van der Waals surface area contributed by atoms with Crippen LogP contribution in [-0.2, 0) is 4.79 Å². The average molecular weight is 314 g/mol. The van der Waals surface area contributed by atoms with E-state index < -0.39 is 0 Å². The van der Waals surface area contributed by atoms with Crippen molar-refractivity contribution < 1.29 is 24.6 Å². The molecule has 23 heavy (non-hydrogen) atoms. The van der Waals surface area contributed by atoms with Crippen molar-refractivity contribution in [3.05, 3.63) is 59.7 Å². The third-order valence-electron chi connectivity index (χ3n) is 2.90. The first kappa shape index (κ1) is 18.1. The maximum Gasteiger partial charge on any atom is 0.173 e. The molecule has 0 spiro atoms. The second kappa shape index (κ2) is 8.48. The molecule has 0 saturated heterocycles. The van der Waals surface area contributed by atoms with Crippen molar-refractivity contribution in [2.24, 2.45) is 0 Å². The second-order valence-corrected chi connectivity index (χ2v) is 4.89. The van der Waals surface area contributed by atoms with Gasteiger partial charge in [0.2, 0.25) is 0 Å². The van der Waals surface area contributed by atoms with E-state index in [1.807, 2.05) is 0 Å². The highest BCUT2D eigenvalue weighted by molar-refractivity contribution is 6.08. The number of hydrogen-bond donors (Lipinski definition) is 2. The lowest BCUT2D eigenvalue weighted by molar-refractivity contribution is -0.116. The number of carbonyl (C=O) groups is 3. The van der Waals surface area contributed by atoms with E-state index in [2.05, 4.69) is 0 Å². The molecule has 0 fully saturated rings. The molecule has 5 nitrogen and oxygen atoms in total. The number of aromatic hydroxyl groups is 2. The van der Waals surface area contributed by atoms with Crippen molar-refractivity contribution in [3.63, 3.8) is 0 Å². The van der Waals surface area contributed by atoms with Crippen molar-refractivity contribution in [1.82, 2.24) is 0 Å². The highest BCUT2D eigenvalue weighted by Crippen LogP contribution is 2.17. The topological polar surface area (TPSA) is 91.7 Å². The summed E-state index contributed by atoms with van der Waals surface area (Å²) in [5, 5.41) is 18.3. The summed E-state index contributed by atoms with van der Waals surface area (Å²) in [5.41, 5.74) is 0.584. The summed E-state index contributed by atoms with van der Waals surface area (Å²) in [6.07, 6.45) is -0.155. The van der Waals surface area contributed by atoms with Gasteiger partial charge in [-0.25, -0.2) is 0 Å². The van der Waals surface area contributed by atoms with Crippen LogP contribution in [0.25, 0.3) is 0 Å². The van der Waals surface area contributed by atoms with Gasteiger partial charge in [-0.15, -0.1) is 0 Å². The molecule has 0 unspecified atom stereocenters. The van der Waals surface area contributed by atoms with Crippen LogP contribution in [0.5, 0.6) is 11.5 Å². The van der Waals surface area contributed by atoms with Crippen molar-refractivity contribution in [3.8, 4) is 11.5 Å². The SMILES string of the molecule is CC(=O)CC(=O)c1ccccc1O.CC(=O)c1ccccc1O. The van der Waals surface area contributed by atoms with Crippen LogP contribution in [0.2, 0.25) is 0 Å². The number of hydrogen-bond acceptors (Lipinski definition) is 5. The predicted molar refractivity (Wildman–Crippen MR) is 85.8 cm³/mol. The molecule has 0 heterocycles. The van der Waals surface area contributed by atoms with Crippen molar-refractivity contribution in [2.45, 2.75) is 20.3 Å². The van der Waals surface area contributed by atoms with E-state index in [0.717, 1.165) is 0 Å². The Morgan fingerprint density at radius 2 is 1.22 bits per heavy atom. The van der Waals surface area contributed by atoms with Crippen LogP contribution < -0.4 is 0 Å². The molecule has 0 atom stereocenters. The van der Waals surface area contributed by atoms with Crippen molar-refractivity contribution in [1.29, 1.82) is 0 Å². The third kappa shape index (κ3) is 5.74. The number of para-hydroxylation sites is 2. The molecule has 0 aliphatic carbocycles. The van der Waals surface area contributed by atoms with Gasteiger partial charge in [0.25, 0.3) is 0 Å². The van der Waals surface area contributed by atoms with Gasteiger partial charge in [-0.2, -0.15) is 0 Å². The van der Waals surface area contributed by atoms with Crippen molar-refractivity contribution in [2.75, 3.05) is 0 Å². The molecule has 0 amide bonds. The molecule has 0 radical (unpaired) electrons. The van der Waals surface area contributed by atoms with Gasteiger partial charge in [0.15, 0.2) is 11.6 Å². The molecule has 0 aliphatic heterocycles. The molecule has 2 aromatic rings. The van der Waals surface area contributed by atoms with E-state index in [0.29, 0.717) is 5.56 Å². The molecule has 120 valence electrons. The molecule has 0 aliphatic rings. The summed E-state index contributed by atoms with van der Waals surface area (Å²) < 4.78 is 0. The minimum Gasteiger partial charge on any atom is -0.507 e. The predicted octanol–water partition coefficient (Wildman–Crippen LogP) is 3.15. The molecule has 0 saturated carbocycles. The van der Waals surface area contributed by atoms with Crippen LogP contribution in [0.15, 0.2) is 48.5 Å². The van der Waals surface area contributed by atoms with Crippen LogP contribution in [-0.4, -0.2) is 27.6 Å². The van der Waals surface area contributed by atoms with Crippen LogP contribution in [0.3, 0.4) is 0 Å². The number of rotatable bonds is 4. The van der Waals surface area contributed by atoms with Crippen LogP contribution >= 0.6 is 0 Å². The highest BCUT2D eigenvalue weighted by Gasteiger charge is 2.11. The molecule has 5 heteroatoms. The zero-order valence-electron chi connectivity index (χ0n) is 12.9. The summed E-state index contributed by atoms with van der Waals surface area (Å²) in [6, 6.07) is 12.7. The number of benzene rings is 2. The van der Waals surface area contributed by atoms with Gasteiger partial charge in [-0.1, -0.05) is 24.3 Å². The summed E-state index contributed by atoms with van der Waals surface area (Å²) in [7, 11) is 0. The average Bonchev–Trinajstić information content (AvgIpc) is 2.47. The van der Waals surface area contributed by atoms with Gasteiger partial charge >= 0.3 is 0 Å². The Balaban J connectivity index is 0.000000238. The number of Topliss-reactive ketones (excluding diaryl/α,β-unsaturated/α-hetero) is 3. The summed E-state index contributed by atoms with van der Waals surface area (Å²) in [4.78, 5) is 32.6. The Labute approximate surface area is 134 Å². The Morgan fingerprint density at radius 1 is 0.783 bits per heavy atom. The van der Waals surface area contributed by atoms with E-state index in [1.165, 1.54) is 32.0 Å². The first-order chi connectivity index (χ1) is 10.8. The van der Waals surface area contributed by atoms with E-state index >= 15 is 0 Å². The first-order valence-electron chi connectivity index (χ1n) is 6.92. The second-order valence-electron chi connectivity index (χ2n) is 4.89. The Kier molecular flexibility index (Phi) is 6.68. The molecule has 0 bridgehead atoms. The maximum absolute atomic E-state index is 11.3. The number of ketones is 3. The van der Waals surface area contributed by atoms with Gasteiger partial charge in [0, 0.05) is 0 Å². The van der Waals surface area contributed by atoms with Gasteiger partial charge in [0.05, 0.1) is 17.5 Å². The lowest BCUT2D eigenvalue weighted by Gasteiger charge is -2.00. The van der Waals surface area contributed by atoms with Gasteiger partial charge in [-0.05, 0) is 38.1 Å². The molecular weight excluding hydrogens is 296 g/mol.